The molecule has 100 valence electrons. The number of rotatable bonds is 5. The molecule has 0 saturated heterocycles. The van der Waals surface area contributed by atoms with Crippen LogP contribution < -0.4 is 5.32 Å². The zero-order valence-corrected chi connectivity index (χ0v) is 11.7. The highest BCUT2D eigenvalue weighted by Gasteiger charge is 2.15. The van der Waals surface area contributed by atoms with Crippen LogP contribution in [0, 0.1) is 6.92 Å². The van der Waals surface area contributed by atoms with Gasteiger partial charge in [0, 0.05) is 5.69 Å². The Labute approximate surface area is 115 Å². The minimum Gasteiger partial charge on any atom is -0.346 e. The van der Waals surface area contributed by atoms with Crippen LogP contribution in [0.25, 0.3) is 0 Å². The second kappa shape index (κ2) is 6.33. The van der Waals surface area contributed by atoms with Crippen molar-refractivity contribution >= 4 is 17.4 Å². The number of aryl methyl sites for hydroxylation is 2. The second-order valence-corrected chi connectivity index (χ2v) is 4.89. The van der Waals surface area contributed by atoms with Crippen molar-refractivity contribution in [2.45, 2.75) is 33.2 Å². The molecule has 0 radical (unpaired) electrons. The van der Waals surface area contributed by atoms with Gasteiger partial charge >= 0.3 is 0 Å². The summed E-state index contributed by atoms with van der Waals surface area (Å²) in [6, 6.07) is 1.85. The summed E-state index contributed by atoms with van der Waals surface area (Å²) in [5.74, 6) is -0.144. The minimum atomic E-state index is -0.144. The molecule has 0 fully saturated rings. The van der Waals surface area contributed by atoms with E-state index in [0.29, 0.717) is 11.4 Å². The Bertz CT molecular complexity index is 569. The third kappa shape index (κ3) is 3.54. The standard InChI is InChI=1S/C12H15N5OS/c1-3-4-10-11(19-17-16-10)12(18)13-6-9-5-8(2)14-7-15-9/h5,7H,3-4,6H2,1-2H3,(H,13,18). The Hall–Kier alpha value is -1.89. The van der Waals surface area contributed by atoms with Crippen LogP contribution in [0.15, 0.2) is 12.4 Å². The van der Waals surface area contributed by atoms with E-state index in [9.17, 15) is 4.79 Å². The first-order valence-corrected chi connectivity index (χ1v) is 6.85. The van der Waals surface area contributed by atoms with Crippen molar-refractivity contribution < 1.29 is 4.79 Å². The summed E-state index contributed by atoms with van der Waals surface area (Å²) in [5.41, 5.74) is 2.43. The van der Waals surface area contributed by atoms with E-state index in [1.807, 2.05) is 19.9 Å². The lowest BCUT2D eigenvalue weighted by Crippen LogP contribution is -2.23. The van der Waals surface area contributed by atoms with Gasteiger partial charge in [-0.05, 0) is 30.9 Å². The maximum Gasteiger partial charge on any atom is 0.265 e. The molecule has 7 heteroatoms. The van der Waals surface area contributed by atoms with Crippen molar-refractivity contribution in [1.29, 1.82) is 0 Å². The molecule has 2 aromatic heterocycles. The van der Waals surface area contributed by atoms with Gasteiger partial charge in [-0.25, -0.2) is 9.97 Å². The molecule has 0 aliphatic rings. The third-order valence-corrected chi connectivity index (χ3v) is 3.31. The van der Waals surface area contributed by atoms with Gasteiger partial charge in [-0.15, -0.1) is 5.10 Å². The maximum atomic E-state index is 12.0. The molecular formula is C12H15N5OS. The average Bonchev–Trinajstić information content (AvgIpc) is 2.85. The van der Waals surface area contributed by atoms with Crippen LogP contribution in [0.3, 0.4) is 0 Å². The van der Waals surface area contributed by atoms with E-state index in [2.05, 4.69) is 24.9 Å². The first kappa shape index (κ1) is 13.5. The average molecular weight is 277 g/mol. The molecule has 0 saturated carbocycles. The van der Waals surface area contributed by atoms with E-state index in [0.717, 1.165) is 41.5 Å². The van der Waals surface area contributed by atoms with Crippen molar-refractivity contribution in [3.05, 3.63) is 34.4 Å². The van der Waals surface area contributed by atoms with Gasteiger partial charge in [-0.2, -0.15) is 0 Å². The molecule has 0 spiro atoms. The highest BCUT2D eigenvalue weighted by Crippen LogP contribution is 2.12. The fourth-order valence-electron chi connectivity index (χ4n) is 1.64. The van der Waals surface area contributed by atoms with E-state index in [4.69, 9.17) is 0 Å². The number of nitrogens with one attached hydrogen (secondary N) is 1. The van der Waals surface area contributed by atoms with Crippen LogP contribution >= 0.6 is 11.5 Å². The van der Waals surface area contributed by atoms with Gasteiger partial charge in [0.2, 0.25) is 0 Å². The summed E-state index contributed by atoms with van der Waals surface area (Å²) < 4.78 is 3.84. The van der Waals surface area contributed by atoms with Crippen LogP contribution in [0.1, 0.15) is 40.1 Å². The van der Waals surface area contributed by atoms with Crippen LogP contribution in [0.4, 0.5) is 0 Å². The number of hydrogen-bond acceptors (Lipinski definition) is 6. The highest BCUT2D eigenvalue weighted by atomic mass is 32.1. The first-order valence-electron chi connectivity index (χ1n) is 6.07. The van der Waals surface area contributed by atoms with Crippen molar-refractivity contribution in [3.63, 3.8) is 0 Å². The van der Waals surface area contributed by atoms with Crippen LogP contribution in [-0.4, -0.2) is 25.5 Å². The molecule has 0 aliphatic heterocycles. The van der Waals surface area contributed by atoms with Crippen molar-refractivity contribution in [2.24, 2.45) is 0 Å². The number of hydrogen-bond donors (Lipinski definition) is 1. The minimum absolute atomic E-state index is 0.144. The number of carbonyl (C=O) groups excluding carboxylic acids is 1. The molecule has 6 nitrogen and oxygen atoms in total. The Balaban J connectivity index is 1.99. The first-order chi connectivity index (χ1) is 9.20. The van der Waals surface area contributed by atoms with Crippen LogP contribution in [-0.2, 0) is 13.0 Å². The summed E-state index contributed by atoms with van der Waals surface area (Å²) in [6.45, 7) is 4.32. The predicted molar refractivity (Wildman–Crippen MR) is 71.8 cm³/mol. The topological polar surface area (TPSA) is 80.7 Å². The largest absolute Gasteiger partial charge is 0.346 e. The molecule has 0 bridgehead atoms. The highest BCUT2D eigenvalue weighted by molar-refractivity contribution is 7.08. The predicted octanol–water partition coefficient (Wildman–Crippen LogP) is 1.52. The van der Waals surface area contributed by atoms with Crippen molar-refractivity contribution in [1.82, 2.24) is 24.9 Å². The fraction of sp³-hybridized carbons (Fsp3) is 0.417. The summed E-state index contributed by atoms with van der Waals surface area (Å²) in [5, 5.41) is 6.81. The lowest BCUT2D eigenvalue weighted by Gasteiger charge is -2.04. The maximum absolute atomic E-state index is 12.0. The van der Waals surface area contributed by atoms with E-state index in [1.165, 1.54) is 6.33 Å². The third-order valence-electron chi connectivity index (χ3n) is 2.54. The second-order valence-electron chi connectivity index (χ2n) is 4.13. The molecule has 19 heavy (non-hydrogen) atoms. The summed E-state index contributed by atoms with van der Waals surface area (Å²) in [4.78, 5) is 20.7. The van der Waals surface area contributed by atoms with Crippen molar-refractivity contribution in [3.8, 4) is 0 Å². The smallest absolute Gasteiger partial charge is 0.265 e. The summed E-state index contributed by atoms with van der Waals surface area (Å²) in [6.07, 6.45) is 3.20. The normalized spacial score (nSPS) is 10.4. The van der Waals surface area contributed by atoms with Crippen molar-refractivity contribution in [2.75, 3.05) is 0 Å². The Morgan fingerprint density at radius 2 is 2.26 bits per heavy atom. The van der Waals surface area contributed by atoms with Gasteiger partial charge in [0.1, 0.15) is 11.2 Å². The number of nitrogens with zero attached hydrogens (tertiary/aromatic N) is 4. The van der Waals surface area contributed by atoms with E-state index >= 15 is 0 Å². The van der Waals surface area contributed by atoms with Gasteiger partial charge in [0.05, 0.1) is 17.9 Å². The lowest BCUT2D eigenvalue weighted by molar-refractivity contribution is 0.0953. The molecule has 1 amide bonds. The van der Waals surface area contributed by atoms with Crippen LogP contribution in [0.2, 0.25) is 0 Å². The molecule has 0 unspecified atom stereocenters. The fourth-order valence-corrected chi connectivity index (χ4v) is 2.26. The Morgan fingerprint density at radius 1 is 1.42 bits per heavy atom. The van der Waals surface area contributed by atoms with E-state index < -0.39 is 0 Å². The zero-order chi connectivity index (χ0) is 13.7. The summed E-state index contributed by atoms with van der Waals surface area (Å²) in [7, 11) is 0. The number of carbonyl (C=O) groups is 1. The van der Waals surface area contributed by atoms with E-state index in [1.54, 1.807) is 0 Å². The summed E-state index contributed by atoms with van der Waals surface area (Å²) >= 11 is 1.13. The molecule has 0 atom stereocenters. The molecule has 0 aliphatic carbocycles. The number of aromatic nitrogens is 4. The van der Waals surface area contributed by atoms with E-state index in [-0.39, 0.29) is 5.91 Å². The zero-order valence-electron chi connectivity index (χ0n) is 10.9. The van der Waals surface area contributed by atoms with Crippen LogP contribution in [0.5, 0.6) is 0 Å². The van der Waals surface area contributed by atoms with Gasteiger partial charge in [-0.1, -0.05) is 17.8 Å². The quantitative estimate of drug-likeness (QED) is 0.896. The molecular weight excluding hydrogens is 262 g/mol. The monoisotopic (exact) mass is 277 g/mol. The lowest BCUT2D eigenvalue weighted by atomic mass is 10.2. The molecule has 2 aromatic rings. The molecule has 2 heterocycles. The van der Waals surface area contributed by atoms with Gasteiger partial charge in [-0.3, -0.25) is 4.79 Å². The molecule has 0 aromatic carbocycles. The van der Waals surface area contributed by atoms with Gasteiger partial charge < -0.3 is 5.32 Å². The SMILES string of the molecule is CCCc1nnsc1C(=O)NCc1cc(C)ncn1. The molecule has 2 rings (SSSR count). The number of amides is 1. The Morgan fingerprint density at radius 3 is 3.00 bits per heavy atom. The van der Waals surface area contributed by atoms with Gasteiger partial charge in [0.25, 0.3) is 5.91 Å². The Kier molecular flexibility index (Phi) is 4.51. The van der Waals surface area contributed by atoms with Gasteiger partial charge in [0.15, 0.2) is 0 Å². The molecule has 1 N–H and O–H groups in total.